The molecule has 0 atom stereocenters. The van der Waals surface area contributed by atoms with Crippen LogP contribution in [0.25, 0.3) is 0 Å². The molecule has 1 aromatic carbocycles. The van der Waals surface area contributed by atoms with E-state index < -0.39 is 9.84 Å². The number of nitrogens with zero attached hydrogens (tertiary/aromatic N) is 1. The largest absolute Gasteiger partial charge is 0.322 e. The molecular weight excluding hydrogens is 308 g/mol. The third-order valence-corrected chi connectivity index (χ3v) is 4.97. The Bertz CT molecular complexity index is 571. The number of fused-ring (bicyclic) bond motifs is 1. The average Bonchev–Trinajstić information content (AvgIpc) is 2.29. The highest BCUT2D eigenvalue weighted by molar-refractivity contribution is 9.10. The summed E-state index contributed by atoms with van der Waals surface area (Å²) in [5.41, 5.74) is 5.72. The van der Waals surface area contributed by atoms with Crippen molar-refractivity contribution in [1.29, 1.82) is 0 Å². The number of rotatable bonds is 1. The van der Waals surface area contributed by atoms with Crippen LogP contribution in [0.5, 0.6) is 0 Å². The van der Waals surface area contributed by atoms with Crippen molar-refractivity contribution in [3.05, 3.63) is 22.7 Å². The first-order chi connectivity index (χ1) is 7.97. The Balaban J connectivity index is 2.65. The highest BCUT2D eigenvalue weighted by Gasteiger charge is 2.32. The molecule has 2 N–H and O–H groups in total. The van der Waals surface area contributed by atoms with E-state index in [2.05, 4.69) is 15.9 Å². The van der Waals surface area contributed by atoms with Gasteiger partial charge in [-0.2, -0.15) is 0 Å². The van der Waals surface area contributed by atoms with Crippen molar-refractivity contribution in [2.45, 2.75) is 4.90 Å². The maximum Gasteiger partial charge on any atom is 0.240 e. The number of sulfone groups is 1. The van der Waals surface area contributed by atoms with Crippen LogP contribution in [0, 0.1) is 0 Å². The summed E-state index contributed by atoms with van der Waals surface area (Å²) in [6, 6.07) is 4.85. The second-order valence-electron chi connectivity index (χ2n) is 3.65. The molecule has 0 aliphatic carbocycles. The summed E-state index contributed by atoms with van der Waals surface area (Å²) in [6.45, 7) is 0.00873. The molecule has 0 fully saturated rings. The number of nitrogens with two attached hydrogens (primary N) is 1. The number of hydrogen-bond acceptors (Lipinski definition) is 4. The fourth-order valence-corrected chi connectivity index (χ4v) is 3.96. The van der Waals surface area contributed by atoms with Crippen LogP contribution < -0.4 is 10.6 Å². The second kappa shape index (κ2) is 4.40. The molecule has 0 spiro atoms. The Morgan fingerprint density at radius 3 is 2.82 bits per heavy atom. The lowest BCUT2D eigenvalue weighted by Gasteiger charge is -2.29. The van der Waals surface area contributed by atoms with Gasteiger partial charge in [0.15, 0.2) is 9.84 Å². The lowest BCUT2D eigenvalue weighted by molar-refractivity contribution is -0.117. The van der Waals surface area contributed by atoms with Crippen LogP contribution in [0.1, 0.15) is 0 Å². The topological polar surface area (TPSA) is 80.5 Å². The Morgan fingerprint density at radius 2 is 2.18 bits per heavy atom. The van der Waals surface area contributed by atoms with Crippen molar-refractivity contribution in [2.24, 2.45) is 5.73 Å². The van der Waals surface area contributed by atoms with Gasteiger partial charge in [-0.25, -0.2) is 8.42 Å². The van der Waals surface area contributed by atoms with Crippen LogP contribution >= 0.6 is 15.9 Å². The zero-order chi connectivity index (χ0) is 12.6. The molecule has 0 aromatic heterocycles. The molecule has 0 radical (unpaired) electrons. The Labute approximate surface area is 108 Å². The van der Waals surface area contributed by atoms with Crippen LogP contribution in [0.3, 0.4) is 0 Å². The molecule has 17 heavy (non-hydrogen) atoms. The van der Waals surface area contributed by atoms with E-state index in [-0.39, 0.29) is 29.6 Å². The summed E-state index contributed by atoms with van der Waals surface area (Å²) in [7, 11) is -3.30. The summed E-state index contributed by atoms with van der Waals surface area (Å²) in [5.74, 6) is -0.351. The van der Waals surface area contributed by atoms with Crippen molar-refractivity contribution >= 4 is 37.4 Å². The average molecular weight is 319 g/mol. The molecule has 2 rings (SSSR count). The molecule has 0 saturated carbocycles. The first kappa shape index (κ1) is 12.5. The van der Waals surface area contributed by atoms with Crippen LogP contribution in [0.4, 0.5) is 5.69 Å². The minimum absolute atomic E-state index is 0.0673. The van der Waals surface area contributed by atoms with Gasteiger partial charge in [-0.05, 0) is 28.1 Å². The summed E-state index contributed by atoms with van der Waals surface area (Å²) in [5, 5.41) is 0. The lowest BCUT2D eigenvalue weighted by atomic mass is 10.2. The molecule has 0 bridgehead atoms. The van der Waals surface area contributed by atoms with Gasteiger partial charge in [-0.1, -0.05) is 6.07 Å². The normalized spacial score (nSPS) is 17.6. The number of benzene rings is 1. The van der Waals surface area contributed by atoms with Gasteiger partial charge in [0.25, 0.3) is 0 Å². The maximum atomic E-state index is 11.9. The molecule has 5 nitrogen and oxygen atoms in total. The number of anilines is 1. The second-order valence-corrected chi connectivity index (χ2v) is 6.59. The predicted octanol–water partition coefficient (Wildman–Crippen LogP) is 0.528. The van der Waals surface area contributed by atoms with Gasteiger partial charge in [-0.15, -0.1) is 0 Å². The molecule has 1 aliphatic rings. The summed E-state index contributed by atoms with van der Waals surface area (Å²) < 4.78 is 24.4. The number of hydrogen-bond donors (Lipinski definition) is 1. The molecule has 7 heteroatoms. The fraction of sp³-hybridized carbons (Fsp3) is 0.300. The first-order valence-corrected chi connectivity index (χ1v) is 7.43. The van der Waals surface area contributed by atoms with E-state index in [4.69, 9.17) is 5.73 Å². The Morgan fingerprint density at radius 1 is 1.47 bits per heavy atom. The van der Waals surface area contributed by atoms with Gasteiger partial charge >= 0.3 is 0 Å². The van der Waals surface area contributed by atoms with Crippen LogP contribution in [-0.2, 0) is 14.6 Å². The molecule has 0 unspecified atom stereocenters. The van der Waals surface area contributed by atoms with Gasteiger partial charge in [0, 0.05) is 11.0 Å². The minimum Gasteiger partial charge on any atom is -0.322 e. The molecule has 1 aliphatic heterocycles. The van der Waals surface area contributed by atoms with Crippen molar-refractivity contribution < 1.29 is 13.2 Å². The van der Waals surface area contributed by atoms with Crippen molar-refractivity contribution in [2.75, 3.05) is 23.7 Å². The quantitative estimate of drug-likeness (QED) is 0.819. The SMILES string of the molecule is NCC(=O)N1CCS(=O)(=O)c2cccc(Br)c21. The number of para-hydroxylation sites is 1. The summed E-state index contributed by atoms with van der Waals surface area (Å²) in [4.78, 5) is 13.3. The van der Waals surface area contributed by atoms with E-state index >= 15 is 0 Å². The third-order valence-electron chi connectivity index (χ3n) is 2.61. The van der Waals surface area contributed by atoms with Gasteiger partial charge in [-0.3, -0.25) is 4.79 Å². The standard InChI is InChI=1S/C10H11BrN2O3S/c11-7-2-1-3-8-10(7)13(9(14)6-12)4-5-17(8,15)16/h1-3H,4-6,12H2. The highest BCUT2D eigenvalue weighted by Crippen LogP contribution is 2.36. The predicted molar refractivity (Wildman–Crippen MR) is 67.6 cm³/mol. The van der Waals surface area contributed by atoms with Crippen LogP contribution in [0.2, 0.25) is 0 Å². The number of carbonyl (C=O) groups excluding carboxylic acids is 1. The fourth-order valence-electron chi connectivity index (χ4n) is 1.80. The van der Waals surface area contributed by atoms with Gasteiger partial charge in [0.1, 0.15) is 0 Å². The van der Waals surface area contributed by atoms with E-state index in [0.717, 1.165) is 0 Å². The number of carbonyl (C=O) groups is 1. The Hall–Kier alpha value is -0.920. The van der Waals surface area contributed by atoms with Gasteiger partial charge in [0.2, 0.25) is 5.91 Å². The lowest BCUT2D eigenvalue weighted by Crippen LogP contribution is -2.43. The monoisotopic (exact) mass is 318 g/mol. The van der Waals surface area contributed by atoms with E-state index in [1.54, 1.807) is 12.1 Å². The number of amides is 1. The smallest absolute Gasteiger partial charge is 0.240 e. The zero-order valence-corrected chi connectivity index (χ0v) is 11.3. The highest BCUT2D eigenvalue weighted by atomic mass is 79.9. The van der Waals surface area contributed by atoms with Crippen LogP contribution in [-0.4, -0.2) is 33.2 Å². The van der Waals surface area contributed by atoms with E-state index in [1.807, 2.05) is 0 Å². The van der Waals surface area contributed by atoms with E-state index in [0.29, 0.717) is 10.2 Å². The summed E-state index contributed by atoms with van der Waals surface area (Å²) >= 11 is 3.27. The van der Waals surface area contributed by atoms with Gasteiger partial charge < -0.3 is 10.6 Å². The first-order valence-electron chi connectivity index (χ1n) is 4.99. The molecule has 0 saturated heterocycles. The number of halogens is 1. The van der Waals surface area contributed by atoms with Crippen molar-refractivity contribution in [3.8, 4) is 0 Å². The molecule has 1 heterocycles. The summed E-state index contributed by atoms with van der Waals surface area (Å²) in [6.07, 6.45) is 0. The molecule has 92 valence electrons. The van der Waals surface area contributed by atoms with Gasteiger partial charge in [0.05, 0.1) is 22.9 Å². The molecule has 1 amide bonds. The Kier molecular flexibility index (Phi) is 3.24. The van der Waals surface area contributed by atoms with E-state index in [1.165, 1.54) is 11.0 Å². The van der Waals surface area contributed by atoms with E-state index in [9.17, 15) is 13.2 Å². The van der Waals surface area contributed by atoms with Crippen molar-refractivity contribution in [3.63, 3.8) is 0 Å². The third kappa shape index (κ3) is 2.10. The van der Waals surface area contributed by atoms with Crippen molar-refractivity contribution in [1.82, 2.24) is 0 Å². The van der Waals surface area contributed by atoms with Crippen LogP contribution in [0.15, 0.2) is 27.6 Å². The zero-order valence-electron chi connectivity index (χ0n) is 8.89. The maximum absolute atomic E-state index is 11.9. The minimum atomic E-state index is -3.30. The molecular formula is C10H11BrN2O3S. The molecule has 1 aromatic rings.